The Kier molecular flexibility index (Phi) is 9.02. The molecule has 2 amide bonds. The maximum atomic E-state index is 13.3. The third kappa shape index (κ3) is 6.99. The molecule has 9 heteroatoms. The van der Waals surface area contributed by atoms with Crippen molar-refractivity contribution >= 4 is 17.5 Å². The van der Waals surface area contributed by atoms with Crippen molar-refractivity contribution in [3.63, 3.8) is 0 Å². The lowest BCUT2D eigenvalue weighted by molar-refractivity contribution is -0.384. The zero-order valence-electron chi connectivity index (χ0n) is 20.6. The second kappa shape index (κ2) is 11.8. The molecule has 34 heavy (non-hydrogen) atoms. The molecule has 1 saturated heterocycles. The van der Waals surface area contributed by atoms with Gasteiger partial charge >= 0.3 is 0 Å². The predicted molar refractivity (Wildman–Crippen MR) is 131 cm³/mol. The molecule has 1 heterocycles. The van der Waals surface area contributed by atoms with Crippen LogP contribution in [-0.2, 0) is 16.1 Å². The van der Waals surface area contributed by atoms with Crippen LogP contribution in [0.3, 0.4) is 0 Å². The first kappa shape index (κ1) is 26.1. The number of carbonyl (C=O) groups is 2. The molecule has 2 aliphatic rings. The van der Waals surface area contributed by atoms with Crippen LogP contribution in [0.4, 0.5) is 5.69 Å². The van der Waals surface area contributed by atoms with Gasteiger partial charge in [0.2, 0.25) is 11.8 Å². The zero-order chi connectivity index (χ0) is 24.8. The average molecular weight is 474 g/mol. The highest BCUT2D eigenvalue weighted by Crippen LogP contribution is 2.26. The number of hydrogen-bond acceptors (Lipinski definition) is 6. The average Bonchev–Trinajstić information content (AvgIpc) is 2.79. The Bertz CT molecular complexity index is 851. The fraction of sp³-hybridized carbons (Fsp3) is 0.680. The molecule has 1 aliphatic carbocycles. The van der Waals surface area contributed by atoms with E-state index in [1.807, 2.05) is 0 Å². The maximum Gasteiger partial charge on any atom is 0.269 e. The first-order valence-corrected chi connectivity index (χ1v) is 12.4. The number of nitro groups is 1. The Hall–Kier alpha value is -2.52. The van der Waals surface area contributed by atoms with E-state index in [1.54, 1.807) is 17.0 Å². The van der Waals surface area contributed by atoms with E-state index < -0.39 is 11.0 Å². The number of piperidine rings is 1. The summed E-state index contributed by atoms with van der Waals surface area (Å²) in [6.07, 6.45) is 4.95. The maximum absolute atomic E-state index is 13.3. The van der Waals surface area contributed by atoms with Gasteiger partial charge in [-0.3, -0.25) is 24.6 Å². The smallest absolute Gasteiger partial charge is 0.269 e. The van der Waals surface area contributed by atoms with Gasteiger partial charge in [-0.1, -0.05) is 26.0 Å². The van der Waals surface area contributed by atoms with Crippen LogP contribution in [0.1, 0.15) is 64.9 Å². The molecule has 9 nitrogen and oxygen atoms in total. The van der Waals surface area contributed by atoms with Crippen molar-refractivity contribution in [3.8, 4) is 0 Å². The number of carbonyl (C=O) groups excluding carboxylic acids is 2. The minimum Gasteiger partial charge on any atom is -0.352 e. The summed E-state index contributed by atoms with van der Waals surface area (Å²) in [5, 5.41) is 14.2. The van der Waals surface area contributed by atoms with Gasteiger partial charge in [-0.15, -0.1) is 0 Å². The molecule has 1 aliphatic heterocycles. The Balaban J connectivity index is 1.72. The zero-order valence-corrected chi connectivity index (χ0v) is 20.6. The Morgan fingerprint density at radius 3 is 2.38 bits per heavy atom. The van der Waals surface area contributed by atoms with E-state index in [1.165, 1.54) is 19.1 Å². The molecule has 1 aromatic carbocycles. The fourth-order valence-electron chi connectivity index (χ4n) is 5.23. The number of rotatable bonds is 8. The first-order valence-electron chi connectivity index (χ1n) is 12.4. The molecule has 188 valence electrons. The number of likely N-dealkylation sites (tertiary alicyclic amines) is 1. The van der Waals surface area contributed by atoms with Gasteiger partial charge in [0.05, 0.1) is 4.92 Å². The topological polar surface area (TPSA) is 122 Å². The third-order valence-corrected chi connectivity index (χ3v) is 7.05. The van der Waals surface area contributed by atoms with Gasteiger partial charge in [0.1, 0.15) is 6.04 Å². The molecule has 1 aromatic rings. The van der Waals surface area contributed by atoms with Crippen molar-refractivity contribution in [2.24, 2.45) is 11.7 Å². The molecule has 2 atom stereocenters. The largest absolute Gasteiger partial charge is 0.352 e. The summed E-state index contributed by atoms with van der Waals surface area (Å²) in [5.41, 5.74) is 7.08. The molecule has 0 radical (unpaired) electrons. The Morgan fingerprint density at radius 1 is 1.18 bits per heavy atom. The fourth-order valence-corrected chi connectivity index (χ4v) is 5.23. The molecular weight excluding hydrogens is 434 g/mol. The summed E-state index contributed by atoms with van der Waals surface area (Å²) in [7, 11) is 0. The standard InChI is InChI=1S/C25H39N5O4/c1-17(2)15-28(16-19-4-10-22(11-5-19)30(33)34)23-12-13-29(18(3)31)24(14-23)25(32)27-21-8-6-20(26)7-9-21/h4-5,10-11,17,20-21,23-24H,6-9,12-16,26H2,1-3H3,(H,27,32)/t20?,21?,23?,24-/m1/s1. The highest BCUT2D eigenvalue weighted by molar-refractivity contribution is 5.87. The predicted octanol–water partition coefficient (Wildman–Crippen LogP) is 2.82. The summed E-state index contributed by atoms with van der Waals surface area (Å²) in [6.45, 7) is 7.88. The van der Waals surface area contributed by atoms with Crippen LogP contribution in [0.5, 0.6) is 0 Å². The number of non-ortho nitro benzene ring substituents is 1. The van der Waals surface area contributed by atoms with Crippen LogP contribution in [-0.4, -0.2) is 63.8 Å². The van der Waals surface area contributed by atoms with E-state index in [9.17, 15) is 19.7 Å². The lowest BCUT2D eigenvalue weighted by Crippen LogP contribution is -2.58. The highest BCUT2D eigenvalue weighted by atomic mass is 16.6. The number of nitrogens with one attached hydrogen (secondary N) is 1. The summed E-state index contributed by atoms with van der Waals surface area (Å²) in [4.78, 5) is 40.3. The lowest BCUT2D eigenvalue weighted by Gasteiger charge is -2.43. The van der Waals surface area contributed by atoms with Gasteiger partial charge in [-0.25, -0.2) is 0 Å². The molecule has 0 bridgehead atoms. The second-order valence-electron chi connectivity index (χ2n) is 10.3. The normalized spacial score (nSPS) is 25.4. The molecule has 3 N–H and O–H groups in total. The minimum absolute atomic E-state index is 0.0693. The SMILES string of the molecule is CC(=O)N1CCC(N(Cc2ccc([N+](=O)[O-])cc2)CC(C)C)C[C@@H]1C(=O)NC1CCC(N)CC1. The number of nitrogens with two attached hydrogens (primary N) is 1. The molecule has 0 spiro atoms. The van der Waals surface area contributed by atoms with Gasteiger partial charge in [0.15, 0.2) is 0 Å². The Morgan fingerprint density at radius 2 is 1.82 bits per heavy atom. The monoisotopic (exact) mass is 473 g/mol. The summed E-state index contributed by atoms with van der Waals surface area (Å²) in [6, 6.07) is 6.66. The van der Waals surface area contributed by atoms with Crippen LogP contribution in [0.2, 0.25) is 0 Å². The van der Waals surface area contributed by atoms with E-state index in [0.29, 0.717) is 25.4 Å². The third-order valence-electron chi connectivity index (χ3n) is 7.05. The number of hydrogen-bond donors (Lipinski definition) is 2. The number of nitrogens with zero attached hydrogens (tertiary/aromatic N) is 3. The number of benzene rings is 1. The van der Waals surface area contributed by atoms with Gasteiger partial charge < -0.3 is 16.0 Å². The highest BCUT2D eigenvalue weighted by Gasteiger charge is 2.38. The molecule has 1 unspecified atom stereocenters. The molecule has 3 rings (SSSR count). The van der Waals surface area contributed by atoms with Crippen LogP contribution < -0.4 is 11.1 Å². The van der Waals surface area contributed by atoms with Gasteiger partial charge in [-0.05, 0) is 50.0 Å². The molecule has 2 fully saturated rings. The quantitative estimate of drug-likeness (QED) is 0.442. The van der Waals surface area contributed by atoms with Gasteiger partial charge in [0.25, 0.3) is 5.69 Å². The van der Waals surface area contributed by atoms with Crippen molar-refractivity contribution in [1.82, 2.24) is 15.1 Å². The molecule has 1 saturated carbocycles. The number of amides is 2. The van der Waals surface area contributed by atoms with Crippen molar-refractivity contribution in [2.45, 2.75) is 90.0 Å². The lowest BCUT2D eigenvalue weighted by atomic mass is 9.90. The summed E-state index contributed by atoms with van der Waals surface area (Å²) in [5.74, 6) is 0.276. The van der Waals surface area contributed by atoms with Crippen LogP contribution in [0, 0.1) is 16.0 Å². The Labute approximate surface area is 202 Å². The van der Waals surface area contributed by atoms with E-state index in [-0.39, 0.29) is 35.6 Å². The van der Waals surface area contributed by atoms with Crippen molar-refractivity contribution in [2.75, 3.05) is 13.1 Å². The molecular formula is C25H39N5O4. The van der Waals surface area contributed by atoms with Crippen LogP contribution in [0.25, 0.3) is 0 Å². The summed E-state index contributed by atoms with van der Waals surface area (Å²) >= 11 is 0. The van der Waals surface area contributed by atoms with Crippen molar-refractivity contribution in [1.29, 1.82) is 0 Å². The first-order chi connectivity index (χ1) is 16.1. The minimum atomic E-state index is -0.488. The van der Waals surface area contributed by atoms with Crippen molar-refractivity contribution in [3.05, 3.63) is 39.9 Å². The van der Waals surface area contributed by atoms with Crippen LogP contribution in [0.15, 0.2) is 24.3 Å². The van der Waals surface area contributed by atoms with E-state index in [0.717, 1.165) is 44.2 Å². The van der Waals surface area contributed by atoms with Gasteiger partial charge in [0, 0.05) is 56.8 Å². The second-order valence-corrected chi connectivity index (χ2v) is 10.3. The van der Waals surface area contributed by atoms with Crippen LogP contribution >= 0.6 is 0 Å². The van der Waals surface area contributed by atoms with Gasteiger partial charge in [-0.2, -0.15) is 0 Å². The van der Waals surface area contributed by atoms with Crippen molar-refractivity contribution < 1.29 is 14.5 Å². The van der Waals surface area contributed by atoms with E-state index in [2.05, 4.69) is 24.1 Å². The number of nitro benzene ring substituents is 1. The molecule has 0 aromatic heterocycles. The van der Waals surface area contributed by atoms with E-state index in [4.69, 9.17) is 5.73 Å². The summed E-state index contributed by atoms with van der Waals surface area (Å²) < 4.78 is 0. The van der Waals surface area contributed by atoms with E-state index >= 15 is 0 Å².